The van der Waals surface area contributed by atoms with E-state index in [4.69, 9.17) is 0 Å². The minimum absolute atomic E-state index is 0.0478. The van der Waals surface area contributed by atoms with Crippen LogP contribution in [0.2, 0.25) is 0 Å². The van der Waals surface area contributed by atoms with Gasteiger partial charge in [0, 0.05) is 32.5 Å². The van der Waals surface area contributed by atoms with Crippen LogP contribution in [0.15, 0.2) is 53.4 Å². The number of sulfonamides is 1. The molecule has 1 heterocycles. The number of carbonyl (C=O) groups is 2. The lowest BCUT2D eigenvalue weighted by Crippen LogP contribution is -2.53. The average Bonchev–Trinajstić information content (AvgIpc) is 2.78. The summed E-state index contributed by atoms with van der Waals surface area (Å²) in [6.45, 7) is 3.35. The number of alkyl halides is 3. The summed E-state index contributed by atoms with van der Waals surface area (Å²) in [4.78, 5) is 24.1. The molecule has 0 bridgehead atoms. The molecule has 35 heavy (non-hydrogen) atoms. The van der Waals surface area contributed by atoms with Crippen LogP contribution < -0.4 is 10.6 Å². The summed E-state index contributed by atoms with van der Waals surface area (Å²) < 4.78 is 65.9. The normalized spacial score (nSPS) is 16.5. The first kappa shape index (κ1) is 26.7. The number of benzene rings is 2. The number of carbonyl (C=O) groups excluding carboxylic acids is 2. The topological polar surface area (TPSA) is 95.6 Å². The van der Waals surface area contributed by atoms with Gasteiger partial charge in [-0.15, -0.1) is 0 Å². The molecule has 3 rings (SSSR count). The molecule has 2 aromatic carbocycles. The fraction of sp³-hybridized carbons (Fsp3) is 0.417. The van der Waals surface area contributed by atoms with Crippen LogP contribution in [-0.4, -0.2) is 49.7 Å². The molecule has 0 aliphatic carbocycles. The van der Waals surface area contributed by atoms with Gasteiger partial charge in [0.15, 0.2) is 0 Å². The smallest absolute Gasteiger partial charge is 0.351 e. The van der Waals surface area contributed by atoms with Crippen molar-refractivity contribution in [3.05, 3.63) is 65.2 Å². The Balaban J connectivity index is 1.63. The molecule has 1 saturated heterocycles. The Morgan fingerprint density at radius 2 is 1.74 bits per heavy atom. The van der Waals surface area contributed by atoms with E-state index in [9.17, 15) is 31.2 Å². The van der Waals surface area contributed by atoms with E-state index in [1.165, 1.54) is 6.92 Å². The van der Waals surface area contributed by atoms with Crippen molar-refractivity contribution in [1.82, 2.24) is 14.9 Å². The lowest BCUT2D eigenvalue weighted by molar-refractivity contribution is -0.137. The molecule has 1 aliphatic heterocycles. The zero-order chi connectivity index (χ0) is 25.8. The molecule has 190 valence electrons. The van der Waals surface area contributed by atoms with Crippen molar-refractivity contribution >= 4 is 21.8 Å². The van der Waals surface area contributed by atoms with E-state index in [0.717, 1.165) is 33.6 Å². The molecular weight excluding hydrogens is 483 g/mol. The molecule has 1 atom stereocenters. The highest BCUT2D eigenvalue weighted by Crippen LogP contribution is 2.31. The number of nitrogens with one attached hydrogen (secondary N) is 2. The van der Waals surface area contributed by atoms with Gasteiger partial charge in [0.2, 0.25) is 21.8 Å². The fourth-order valence-corrected chi connectivity index (χ4v) is 5.57. The third-order valence-electron chi connectivity index (χ3n) is 5.82. The third-order valence-corrected chi connectivity index (χ3v) is 7.71. The van der Waals surface area contributed by atoms with Crippen molar-refractivity contribution in [1.29, 1.82) is 0 Å². The maximum absolute atomic E-state index is 13.0. The van der Waals surface area contributed by atoms with E-state index in [0.29, 0.717) is 25.3 Å². The second kappa shape index (κ2) is 10.8. The minimum atomic E-state index is -4.65. The lowest BCUT2D eigenvalue weighted by Gasteiger charge is -2.32. The van der Waals surface area contributed by atoms with Crippen LogP contribution in [0.5, 0.6) is 0 Å². The largest absolute Gasteiger partial charge is 0.416 e. The van der Waals surface area contributed by atoms with Crippen molar-refractivity contribution in [2.24, 2.45) is 0 Å². The van der Waals surface area contributed by atoms with E-state index in [-0.39, 0.29) is 30.9 Å². The molecule has 2 N–H and O–H groups in total. The summed E-state index contributed by atoms with van der Waals surface area (Å²) in [5.74, 6) is -0.722. The van der Waals surface area contributed by atoms with Gasteiger partial charge in [0.25, 0.3) is 0 Å². The van der Waals surface area contributed by atoms with E-state index in [1.807, 2.05) is 31.2 Å². The first-order valence-corrected chi connectivity index (χ1v) is 12.6. The number of amides is 2. The van der Waals surface area contributed by atoms with Crippen LogP contribution in [0.4, 0.5) is 13.2 Å². The Hall–Kier alpha value is -2.92. The Kier molecular flexibility index (Phi) is 8.22. The number of halogens is 3. The van der Waals surface area contributed by atoms with E-state index >= 15 is 0 Å². The number of hydrogen-bond donors (Lipinski definition) is 2. The summed E-state index contributed by atoms with van der Waals surface area (Å²) in [6.07, 6.45) is -3.76. The third kappa shape index (κ3) is 7.04. The molecule has 0 unspecified atom stereocenters. The second-order valence-corrected chi connectivity index (χ2v) is 10.6. The fourth-order valence-electron chi connectivity index (χ4n) is 4.05. The molecule has 0 aromatic heterocycles. The van der Waals surface area contributed by atoms with Crippen molar-refractivity contribution in [3.63, 3.8) is 0 Å². The van der Waals surface area contributed by atoms with Crippen molar-refractivity contribution in [2.75, 3.05) is 13.1 Å². The van der Waals surface area contributed by atoms with Gasteiger partial charge in [-0.1, -0.05) is 35.9 Å². The minimum Gasteiger partial charge on any atom is -0.351 e. The summed E-state index contributed by atoms with van der Waals surface area (Å²) in [7, 11) is -4.11. The molecule has 1 aliphatic rings. The molecule has 2 aromatic rings. The molecule has 2 amide bonds. The molecule has 7 nitrogen and oxygen atoms in total. The SMILES string of the molecule is CC(=O)N[C@H](Cc1cccc(C)c1)C(=O)NC1CCN(S(=O)(=O)c2cccc(C(F)(F)F)c2)CC1. The van der Waals surface area contributed by atoms with Crippen LogP contribution in [0.3, 0.4) is 0 Å². The number of hydrogen-bond acceptors (Lipinski definition) is 4. The molecule has 1 fully saturated rings. The van der Waals surface area contributed by atoms with Crippen LogP contribution in [-0.2, 0) is 32.2 Å². The highest BCUT2D eigenvalue weighted by molar-refractivity contribution is 7.89. The van der Waals surface area contributed by atoms with Gasteiger partial charge in [-0.3, -0.25) is 9.59 Å². The highest BCUT2D eigenvalue weighted by Gasteiger charge is 2.34. The van der Waals surface area contributed by atoms with Gasteiger partial charge < -0.3 is 10.6 Å². The number of aryl methyl sites for hydroxylation is 1. The Morgan fingerprint density at radius 3 is 2.34 bits per heavy atom. The van der Waals surface area contributed by atoms with Gasteiger partial charge in [0.05, 0.1) is 10.5 Å². The predicted octanol–water partition coefficient (Wildman–Crippen LogP) is 3.03. The predicted molar refractivity (Wildman–Crippen MR) is 124 cm³/mol. The van der Waals surface area contributed by atoms with Crippen LogP contribution in [0, 0.1) is 6.92 Å². The highest BCUT2D eigenvalue weighted by atomic mass is 32.2. The maximum Gasteiger partial charge on any atom is 0.416 e. The van der Waals surface area contributed by atoms with Gasteiger partial charge in [-0.05, 0) is 43.5 Å². The van der Waals surface area contributed by atoms with E-state index in [1.54, 1.807) is 0 Å². The van der Waals surface area contributed by atoms with Gasteiger partial charge in [-0.25, -0.2) is 8.42 Å². The zero-order valence-electron chi connectivity index (χ0n) is 19.4. The van der Waals surface area contributed by atoms with Crippen LogP contribution >= 0.6 is 0 Å². The monoisotopic (exact) mass is 511 g/mol. The standard InChI is InChI=1S/C24H28F3N3O4S/c1-16-5-3-6-18(13-16)14-22(28-17(2)31)23(32)29-20-9-11-30(12-10-20)35(33,34)21-8-4-7-19(15-21)24(25,26)27/h3-8,13,15,20,22H,9-12,14H2,1-2H3,(H,28,31)(H,29,32)/t22-/m1/s1. The average molecular weight is 512 g/mol. The molecule has 0 saturated carbocycles. The summed E-state index contributed by atoms with van der Waals surface area (Å²) in [6, 6.07) is 10.1. The quantitative estimate of drug-likeness (QED) is 0.598. The van der Waals surface area contributed by atoms with Crippen LogP contribution in [0.25, 0.3) is 0 Å². The van der Waals surface area contributed by atoms with E-state index < -0.39 is 32.7 Å². The van der Waals surface area contributed by atoms with Gasteiger partial charge >= 0.3 is 6.18 Å². The zero-order valence-corrected chi connectivity index (χ0v) is 20.2. The number of rotatable bonds is 7. The summed E-state index contributed by atoms with van der Waals surface area (Å²) >= 11 is 0. The van der Waals surface area contributed by atoms with E-state index in [2.05, 4.69) is 10.6 Å². The summed E-state index contributed by atoms with van der Waals surface area (Å²) in [5.41, 5.74) is 0.887. The van der Waals surface area contributed by atoms with Crippen molar-refractivity contribution < 1.29 is 31.2 Å². The van der Waals surface area contributed by atoms with Crippen LogP contribution in [0.1, 0.15) is 36.5 Å². The number of nitrogens with zero attached hydrogens (tertiary/aromatic N) is 1. The lowest BCUT2D eigenvalue weighted by atomic mass is 10.0. The summed E-state index contributed by atoms with van der Waals surface area (Å²) in [5, 5.41) is 5.54. The maximum atomic E-state index is 13.0. The first-order valence-electron chi connectivity index (χ1n) is 11.2. The van der Waals surface area contributed by atoms with Gasteiger partial charge in [0.1, 0.15) is 6.04 Å². The number of piperidine rings is 1. The van der Waals surface area contributed by atoms with Crippen molar-refractivity contribution in [2.45, 2.75) is 56.3 Å². The molecular formula is C24H28F3N3O4S. The first-order chi connectivity index (χ1) is 16.4. The Labute approximate surface area is 202 Å². The van der Waals surface area contributed by atoms with Crippen molar-refractivity contribution in [3.8, 4) is 0 Å². The van der Waals surface area contributed by atoms with Gasteiger partial charge in [-0.2, -0.15) is 17.5 Å². The molecule has 0 radical (unpaired) electrons. The molecule has 11 heteroatoms. The Bertz CT molecular complexity index is 1180. The molecule has 0 spiro atoms. The Morgan fingerprint density at radius 1 is 1.09 bits per heavy atom. The second-order valence-electron chi connectivity index (χ2n) is 8.66.